The number of aliphatic carboxylic acids is 1. The van der Waals surface area contributed by atoms with E-state index in [1.54, 1.807) is 0 Å². The number of rotatable bonds is 12. The van der Waals surface area contributed by atoms with Gasteiger partial charge in [0.25, 0.3) is 5.91 Å². The summed E-state index contributed by atoms with van der Waals surface area (Å²) in [5, 5.41) is 23.6. The highest BCUT2D eigenvalue weighted by Gasteiger charge is 2.31. The summed E-state index contributed by atoms with van der Waals surface area (Å²) < 4.78 is 77.4. The van der Waals surface area contributed by atoms with Crippen molar-refractivity contribution in [2.45, 2.75) is 25.0 Å². The number of amides is 1. The Balaban J connectivity index is 1.27. The van der Waals surface area contributed by atoms with Crippen molar-refractivity contribution in [1.29, 1.82) is 0 Å². The number of hydrogen-bond donors (Lipinski definition) is 4. The van der Waals surface area contributed by atoms with Crippen LogP contribution >= 0.6 is 0 Å². The second kappa shape index (κ2) is 12.3. The molecule has 0 spiro atoms. The van der Waals surface area contributed by atoms with Crippen LogP contribution in [-0.2, 0) is 39.8 Å². The fourth-order valence-electron chi connectivity index (χ4n) is 4.19. The van der Waals surface area contributed by atoms with Gasteiger partial charge in [0.15, 0.2) is 17.4 Å². The maximum atomic E-state index is 13.0. The van der Waals surface area contributed by atoms with Crippen molar-refractivity contribution >= 4 is 21.9 Å². The lowest BCUT2D eigenvalue weighted by molar-refractivity contribution is -0.141. The third kappa shape index (κ3) is 7.29. The molecule has 2 aromatic carbocycles. The van der Waals surface area contributed by atoms with Crippen molar-refractivity contribution in [3.63, 3.8) is 0 Å². The van der Waals surface area contributed by atoms with Crippen LogP contribution in [0.25, 0.3) is 11.4 Å². The number of nitrogens with zero attached hydrogens (tertiary/aromatic N) is 5. The fraction of sp³-hybridized carbons (Fsp3) is 0.280. The number of aromatic nitrogens is 6. The number of imidazole rings is 1. The highest BCUT2D eigenvalue weighted by atomic mass is 32.2. The number of aromatic amines is 1. The van der Waals surface area contributed by atoms with Gasteiger partial charge in [0.1, 0.15) is 0 Å². The minimum Gasteiger partial charge on any atom is -0.481 e. The number of sulfonamides is 1. The zero-order chi connectivity index (χ0) is 31.5. The maximum absolute atomic E-state index is 13.0. The van der Waals surface area contributed by atoms with Crippen LogP contribution in [0.3, 0.4) is 0 Å². The fourth-order valence-corrected chi connectivity index (χ4v) is 5.15. The van der Waals surface area contributed by atoms with Crippen LogP contribution in [0, 0.1) is 5.92 Å². The minimum atomic E-state index is -4.54. The standard InChI is InChI=1S/C25H23F3N8O7S/c26-25(27,28)17-3-1-2-14(4-17)8-30-23(37)19-6-15(7-20-21(19)43-13-42-20)22-33-35-36(34-22)12-44(40,41)32-9-16(24(38)39)5-18-10-29-11-31-18/h1-4,6-7,10-11,16,32H,5,8-9,12-13H2,(H,29,31)(H,30,37)(H,38,39). The Morgan fingerprint density at radius 1 is 1.18 bits per heavy atom. The second-order valence-corrected chi connectivity index (χ2v) is 11.3. The summed E-state index contributed by atoms with van der Waals surface area (Å²) >= 11 is 0. The molecule has 2 aromatic heterocycles. The molecule has 0 radical (unpaired) electrons. The number of ether oxygens (including phenoxy) is 2. The van der Waals surface area contributed by atoms with Crippen LogP contribution in [0.4, 0.5) is 13.2 Å². The molecule has 15 nitrogen and oxygen atoms in total. The molecule has 0 bridgehead atoms. The Labute approximate surface area is 246 Å². The van der Waals surface area contributed by atoms with Gasteiger partial charge in [-0.05, 0) is 35.0 Å². The summed E-state index contributed by atoms with van der Waals surface area (Å²) in [7, 11) is -4.11. The average molecular weight is 637 g/mol. The third-order valence-electron chi connectivity index (χ3n) is 6.34. The highest BCUT2D eigenvalue weighted by molar-refractivity contribution is 7.88. The van der Waals surface area contributed by atoms with E-state index in [0.29, 0.717) is 5.69 Å². The number of alkyl halides is 3. The summed E-state index contributed by atoms with van der Waals surface area (Å²) in [6, 6.07) is 7.30. The quantitative estimate of drug-likeness (QED) is 0.176. The summed E-state index contributed by atoms with van der Waals surface area (Å²) in [5.41, 5.74) is 0.0661. The van der Waals surface area contributed by atoms with Crippen molar-refractivity contribution in [2.24, 2.45) is 5.92 Å². The molecular weight excluding hydrogens is 613 g/mol. The maximum Gasteiger partial charge on any atom is 0.416 e. The smallest absolute Gasteiger partial charge is 0.416 e. The lowest BCUT2D eigenvalue weighted by Gasteiger charge is -2.12. The van der Waals surface area contributed by atoms with Crippen LogP contribution in [0.1, 0.15) is 27.2 Å². The Bertz CT molecular complexity index is 1780. The predicted molar refractivity (Wildman–Crippen MR) is 142 cm³/mol. The molecule has 0 saturated heterocycles. The first-order valence-corrected chi connectivity index (χ1v) is 14.4. The van der Waals surface area contributed by atoms with Crippen LogP contribution in [0.15, 0.2) is 48.9 Å². The van der Waals surface area contributed by atoms with Gasteiger partial charge >= 0.3 is 12.1 Å². The van der Waals surface area contributed by atoms with Crippen LogP contribution in [-0.4, -0.2) is 68.9 Å². The third-order valence-corrected chi connectivity index (χ3v) is 7.52. The molecule has 1 unspecified atom stereocenters. The molecule has 5 rings (SSSR count). The normalized spacial score (nSPS) is 13.5. The van der Waals surface area contributed by atoms with E-state index in [9.17, 15) is 36.3 Å². The highest BCUT2D eigenvalue weighted by Crippen LogP contribution is 2.39. The van der Waals surface area contributed by atoms with Gasteiger partial charge in [0.05, 0.1) is 23.4 Å². The first kappa shape index (κ1) is 30.4. The number of halogens is 3. The SMILES string of the molecule is O=C(NCc1cccc(C(F)(F)F)c1)c1cc(-c2nnn(CS(=O)(=O)NCC(Cc3cnc[nH]3)C(=O)O)n2)cc2c1OCO2. The van der Waals surface area contributed by atoms with Gasteiger partial charge in [0, 0.05) is 37.0 Å². The van der Waals surface area contributed by atoms with Gasteiger partial charge in [-0.2, -0.15) is 13.2 Å². The Morgan fingerprint density at radius 2 is 2.00 bits per heavy atom. The van der Waals surface area contributed by atoms with Crippen molar-refractivity contribution in [3.8, 4) is 22.9 Å². The first-order chi connectivity index (χ1) is 20.9. The minimum absolute atomic E-state index is 0.0174. The van der Waals surface area contributed by atoms with Crippen molar-refractivity contribution in [1.82, 2.24) is 40.2 Å². The topological polar surface area (TPSA) is 203 Å². The number of benzene rings is 2. The molecule has 232 valence electrons. The zero-order valence-corrected chi connectivity index (χ0v) is 23.2. The monoisotopic (exact) mass is 636 g/mol. The first-order valence-electron chi connectivity index (χ1n) is 12.7. The van der Waals surface area contributed by atoms with E-state index in [1.165, 1.54) is 36.8 Å². The number of carboxylic acids is 1. The molecule has 0 aliphatic carbocycles. The molecule has 19 heteroatoms. The number of carbonyl (C=O) groups excluding carboxylic acids is 1. The molecule has 1 aliphatic heterocycles. The lowest BCUT2D eigenvalue weighted by Crippen LogP contribution is -2.36. The zero-order valence-electron chi connectivity index (χ0n) is 22.4. The van der Waals surface area contributed by atoms with Gasteiger partial charge in [-0.25, -0.2) is 18.1 Å². The van der Waals surface area contributed by atoms with Crippen LogP contribution in [0.5, 0.6) is 11.5 Å². The van der Waals surface area contributed by atoms with E-state index < -0.39 is 52.0 Å². The Kier molecular flexibility index (Phi) is 8.50. The molecule has 0 saturated carbocycles. The molecule has 44 heavy (non-hydrogen) atoms. The van der Waals surface area contributed by atoms with Crippen molar-refractivity contribution in [3.05, 3.63) is 71.3 Å². The summed E-state index contributed by atoms with van der Waals surface area (Å²) in [5.74, 6) is -3.57. The second-order valence-electron chi connectivity index (χ2n) is 9.53. The van der Waals surface area contributed by atoms with E-state index in [0.717, 1.165) is 16.9 Å². The van der Waals surface area contributed by atoms with Gasteiger partial charge < -0.3 is 24.9 Å². The predicted octanol–water partition coefficient (Wildman–Crippen LogP) is 1.56. The van der Waals surface area contributed by atoms with Crippen molar-refractivity contribution < 1.29 is 45.8 Å². The molecule has 4 aromatic rings. The van der Waals surface area contributed by atoms with E-state index in [4.69, 9.17) is 9.47 Å². The van der Waals surface area contributed by atoms with E-state index >= 15 is 0 Å². The molecule has 0 fully saturated rings. The van der Waals surface area contributed by atoms with Gasteiger partial charge in [-0.3, -0.25) is 9.59 Å². The average Bonchev–Trinajstić information content (AvgIpc) is 3.75. The molecular formula is C25H23F3N8O7S. The Hall–Kier alpha value is -5.04. The molecule has 1 amide bonds. The van der Waals surface area contributed by atoms with Crippen molar-refractivity contribution in [2.75, 3.05) is 13.3 Å². The van der Waals surface area contributed by atoms with Crippen LogP contribution in [0.2, 0.25) is 0 Å². The van der Waals surface area contributed by atoms with Crippen LogP contribution < -0.4 is 19.5 Å². The van der Waals surface area contributed by atoms with E-state index in [1.807, 2.05) is 0 Å². The largest absolute Gasteiger partial charge is 0.481 e. The number of carbonyl (C=O) groups is 2. The van der Waals surface area contributed by atoms with E-state index in [2.05, 4.69) is 35.4 Å². The molecule has 1 atom stereocenters. The number of hydrogen-bond acceptors (Lipinski definition) is 10. The number of nitrogens with one attached hydrogen (secondary N) is 3. The van der Waals surface area contributed by atoms with Gasteiger partial charge in [-0.15, -0.1) is 15.0 Å². The molecule has 4 N–H and O–H groups in total. The molecule has 3 heterocycles. The number of tetrazole rings is 1. The van der Waals surface area contributed by atoms with Gasteiger partial charge in [0.2, 0.25) is 22.6 Å². The number of carboxylic acid groups (broad SMARTS) is 1. The lowest BCUT2D eigenvalue weighted by atomic mass is 10.0. The van der Waals surface area contributed by atoms with E-state index in [-0.39, 0.29) is 53.8 Å². The summed E-state index contributed by atoms with van der Waals surface area (Å²) in [6.45, 7) is -0.819. The summed E-state index contributed by atoms with van der Waals surface area (Å²) in [6.07, 6.45) is -1.71. The van der Waals surface area contributed by atoms with Gasteiger partial charge in [-0.1, -0.05) is 12.1 Å². The molecule has 1 aliphatic rings. The summed E-state index contributed by atoms with van der Waals surface area (Å²) in [4.78, 5) is 32.0. The number of fused-ring (bicyclic) bond motifs is 1. The number of H-pyrrole nitrogens is 1. The Morgan fingerprint density at radius 3 is 2.73 bits per heavy atom.